The fourth-order valence-corrected chi connectivity index (χ4v) is 5.64. The van der Waals surface area contributed by atoms with Crippen molar-refractivity contribution in [1.82, 2.24) is 5.32 Å². The third-order valence-electron chi connectivity index (χ3n) is 7.52. The minimum absolute atomic E-state index is 0.128. The van der Waals surface area contributed by atoms with Gasteiger partial charge in [0, 0.05) is 40.4 Å². The second kappa shape index (κ2) is 11.3. The monoisotopic (exact) mass is 542 g/mol. The van der Waals surface area contributed by atoms with Crippen LogP contribution in [0.1, 0.15) is 42.7 Å². The second-order valence-corrected chi connectivity index (χ2v) is 9.81. The number of ether oxygens (including phenoxy) is 3. The lowest BCUT2D eigenvalue weighted by atomic mass is 9.71. The molecule has 0 aromatic heterocycles. The first-order valence-corrected chi connectivity index (χ1v) is 13.0. The summed E-state index contributed by atoms with van der Waals surface area (Å²) in [5.41, 5.74) is 3.63. The van der Waals surface area contributed by atoms with E-state index >= 15 is 4.39 Å². The number of carbonyl (C=O) groups excluding carboxylic acids is 2. The molecule has 0 spiro atoms. The summed E-state index contributed by atoms with van der Waals surface area (Å²) in [5, 5.41) is 6.24. The SMILES string of the molecule is COc1ccccc1NC(=O)C1=C(C)NC2=C(C(=O)CC(c3ccc(OC)c(OC)c3)C2)C1c1ccccc1F. The first-order valence-electron chi connectivity index (χ1n) is 13.0. The molecule has 1 heterocycles. The quantitative estimate of drug-likeness (QED) is 0.390. The van der Waals surface area contributed by atoms with Crippen LogP contribution < -0.4 is 24.8 Å². The molecule has 40 heavy (non-hydrogen) atoms. The van der Waals surface area contributed by atoms with Gasteiger partial charge < -0.3 is 24.8 Å². The fraction of sp³-hybridized carbons (Fsp3) is 0.250. The summed E-state index contributed by atoms with van der Waals surface area (Å²) < 4.78 is 31.5. The summed E-state index contributed by atoms with van der Waals surface area (Å²) in [7, 11) is 4.67. The maximum absolute atomic E-state index is 15.3. The summed E-state index contributed by atoms with van der Waals surface area (Å²) in [5.74, 6) is -0.380. The highest BCUT2D eigenvalue weighted by atomic mass is 19.1. The van der Waals surface area contributed by atoms with E-state index in [1.807, 2.05) is 18.2 Å². The van der Waals surface area contributed by atoms with Gasteiger partial charge in [-0.1, -0.05) is 36.4 Å². The van der Waals surface area contributed by atoms with Crippen molar-refractivity contribution in [1.29, 1.82) is 0 Å². The van der Waals surface area contributed by atoms with Crippen LogP contribution in [0.4, 0.5) is 10.1 Å². The number of hydrogen-bond acceptors (Lipinski definition) is 6. The molecule has 0 saturated heterocycles. The maximum Gasteiger partial charge on any atom is 0.254 e. The van der Waals surface area contributed by atoms with Gasteiger partial charge in [0.2, 0.25) is 0 Å². The largest absolute Gasteiger partial charge is 0.495 e. The topological polar surface area (TPSA) is 85.9 Å². The van der Waals surface area contributed by atoms with Crippen molar-refractivity contribution < 1.29 is 28.2 Å². The molecule has 2 atom stereocenters. The van der Waals surface area contributed by atoms with Crippen LogP contribution in [-0.2, 0) is 9.59 Å². The predicted molar refractivity (Wildman–Crippen MR) is 150 cm³/mol. The summed E-state index contributed by atoms with van der Waals surface area (Å²) in [6, 6.07) is 19.0. The molecule has 5 rings (SSSR count). The van der Waals surface area contributed by atoms with E-state index in [0.717, 1.165) is 5.56 Å². The average molecular weight is 543 g/mol. The number of halogens is 1. The molecule has 3 aromatic carbocycles. The van der Waals surface area contributed by atoms with Gasteiger partial charge in [-0.2, -0.15) is 0 Å². The van der Waals surface area contributed by atoms with Crippen molar-refractivity contribution in [3.8, 4) is 17.2 Å². The third-order valence-corrected chi connectivity index (χ3v) is 7.52. The maximum atomic E-state index is 15.3. The molecular weight excluding hydrogens is 511 g/mol. The highest BCUT2D eigenvalue weighted by Crippen LogP contribution is 2.47. The van der Waals surface area contributed by atoms with E-state index in [1.165, 1.54) is 13.2 Å². The van der Waals surface area contributed by atoms with Crippen molar-refractivity contribution >= 4 is 17.4 Å². The number of hydrogen-bond donors (Lipinski definition) is 2. The number of Topliss-reactive ketones (excluding diaryl/α,β-unsaturated/α-hetero) is 1. The Hall–Kier alpha value is -4.59. The minimum atomic E-state index is -0.869. The molecular formula is C32H31FN2O5. The van der Waals surface area contributed by atoms with Gasteiger partial charge in [0.25, 0.3) is 5.91 Å². The molecule has 206 valence electrons. The lowest BCUT2D eigenvalue weighted by Gasteiger charge is -2.37. The van der Waals surface area contributed by atoms with E-state index in [9.17, 15) is 9.59 Å². The zero-order valence-corrected chi connectivity index (χ0v) is 22.8. The molecule has 3 aromatic rings. The second-order valence-electron chi connectivity index (χ2n) is 9.81. The Labute approximate surface area is 232 Å². The molecule has 0 saturated carbocycles. The van der Waals surface area contributed by atoms with Crippen LogP contribution in [0.3, 0.4) is 0 Å². The Morgan fingerprint density at radius 1 is 0.900 bits per heavy atom. The Kier molecular flexibility index (Phi) is 7.60. The Morgan fingerprint density at radius 3 is 2.33 bits per heavy atom. The van der Waals surface area contributed by atoms with Crippen molar-refractivity contribution in [2.45, 2.75) is 31.6 Å². The molecule has 2 aliphatic rings. The van der Waals surface area contributed by atoms with Gasteiger partial charge in [-0.25, -0.2) is 4.39 Å². The van der Waals surface area contributed by atoms with Crippen LogP contribution in [0.5, 0.6) is 17.2 Å². The van der Waals surface area contributed by atoms with Gasteiger partial charge in [-0.15, -0.1) is 0 Å². The number of benzene rings is 3. The van der Waals surface area contributed by atoms with E-state index in [2.05, 4.69) is 10.6 Å². The molecule has 1 aliphatic carbocycles. The average Bonchev–Trinajstić information content (AvgIpc) is 2.96. The Balaban J connectivity index is 1.56. The van der Waals surface area contributed by atoms with Crippen molar-refractivity contribution in [3.63, 3.8) is 0 Å². The highest BCUT2D eigenvalue weighted by Gasteiger charge is 2.42. The minimum Gasteiger partial charge on any atom is -0.495 e. The third kappa shape index (κ3) is 4.93. The molecule has 0 fully saturated rings. The van der Waals surface area contributed by atoms with E-state index in [4.69, 9.17) is 14.2 Å². The first kappa shape index (κ1) is 27.0. The highest BCUT2D eigenvalue weighted by molar-refractivity contribution is 6.10. The van der Waals surface area contributed by atoms with Crippen molar-refractivity contribution in [3.05, 3.63) is 106 Å². The summed E-state index contributed by atoms with van der Waals surface area (Å²) in [4.78, 5) is 27.7. The van der Waals surface area contributed by atoms with Crippen LogP contribution in [0.2, 0.25) is 0 Å². The zero-order chi connectivity index (χ0) is 28.4. The summed E-state index contributed by atoms with van der Waals surface area (Å²) in [6.07, 6.45) is 0.724. The molecule has 0 bridgehead atoms. The zero-order valence-electron chi connectivity index (χ0n) is 22.8. The van der Waals surface area contributed by atoms with Crippen LogP contribution in [-0.4, -0.2) is 33.0 Å². The van der Waals surface area contributed by atoms with Gasteiger partial charge in [0.1, 0.15) is 11.6 Å². The van der Waals surface area contributed by atoms with Gasteiger partial charge in [-0.05, 0) is 55.2 Å². The normalized spacial score (nSPS) is 18.6. The number of para-hydroxylation sites is 2. The van der Waals surface area contributed by atoms with E-state index in [-0.39, 0.29) is 29.3 Å². The van der Waals surface area contributed by atoms with Crippen LogP contribution in [0.25, 0.3) is 0 Å². The number of methoxy groups -OCH3 is 3. The van der Waals surface area contributed by atoms with E-state index in [1.54, 1.807) is 63.6 Å². The summed E-state index contributed by atoms with van der Waals surface area (Å²) >= 11 is 0. The molecule has 2 N–H and O–H groups in total. The standard InChI is InChI=1S/C32H31FN2O5/c1-18-29(32(37)35-23-11-7-8-12-26(23)38-2)30(21-9-5-6-10-22(21)33)31-24(34-18)15-20(16-25(31)36)19-13-14-27(39-3)28(17-19)40-4/h5-14,17,20,30,34H,15-16H2,1-4H3,(H,35,37). The predicted octanol–water partition coefficient (Wildman–Crippen LogP) is 5.85. The molecule has 1 amide bonds. The van der Waals surface area contributed by atoms with Gasteiger partial charge in [0.15, 0.2) is 17.3 Å². The number of rotatable bonds is 7. The fourth-order valence-electron chi connectivity index (χ4n) is 5.64. The molecule has 8 heteroatoms. The molecule has 7 nitrogen and oxygen atoms in total. The molecule has 0 radical (unpaired) electrons. The van der Waals surface area contributed by atoms with E-state index in [0.29, 0.717) is 46.3 Å². The van der Waals surface area contributed by atoms with Gasteiger partial charge in [0.05, 0.1) is 27.0 Å². The number of ketones is 1. The lowest BCUT2D eigenvalue weighted by Crippen LogP contribution is -2.37. The van der Waals surface area contributed by atoms with Crippen molar-refractivity contribution in [2.75, 3.05) is 26.6 Å². The van der Waals surface area contributed by atoms with E-state index < -0.39 is 17.6 Å². The summed E-state index contributed by atoms with van der Waals surface area (Å²) in [6.45, 7) is 1.78. The lowest BCUT2D eigenvalue weighted by molar-refractivity contribution is -0.116. The van der Waals surface area contributed by atoms with Gasteiger partial charge in [-0.3, -0.25) is 9.59 Å². The van der Waals surface area contributed by atoms with Crippen LogP contribution >= 0.6 is 0 Å². The first-order chi connectivity index (χ1) is 19.4. The van der Waals surface area contributed by atoms with Crippen LogP contribution in [0.15, 0.2) is 89.3 Å². The number of dihydropyridines is 1. The Bertz CT molecular complexity index is 1540. The number of anilines is 1. The molecule has 1 aliphatic heterocycles. The smallest absolute Gasteiger partial charge is 0.254 e. The number of carbonyl (C=O) groups is 2. The Morgan fingerprint density at radius 2 is 1.60 bits per heavy atom. The van der Waals surface area contributed by atoms with Gasteiger partial charge >= 0.3 is 0 Å². The van der Waals surface area contributed by atoms with Crippen LogP contribution in [0, 0.1) is 5.82 Å². The number of allylic oxidation sites excluding steroid dienone is 3. The molecule has 2 unspecified atom stereocenters. The number of amides is 1. The number of nitrogens with one attached hydrogen (secondary N) is 2. The van der Waals surface area contributed by atoms with Crippen molar-refractivity contribution in [2.24, 2.45) is 0 Å².